The van der Waals surface area contributed by atoms with Crippen molar-refractivity contribution in [2.75, 3.05) is 14.2 Å². The molecular weight excluding hydrogens is 348 g/mol. The number of hydrogen-bond donors (Lipinski definition) is 1. The van der Waals surface area contributed by atoms with E-state index in [1.807, 2.05) is 12.1 Å². The zero-order valence-electron chi connectivity index (χ0n) is 19.0. The predicted molar refractivity (Wildman–Crippen MR) is 118 cm³/mol. The van der Waals surface area contributed by atoms with Crippen LogP contribution in [-0.4, -0.2) is 19.3 Å². The Bertz CT molecular complexity index is 801. The topological polar surface area (TPSA) is 38.7 Å². The van der Waals surface area contributed by atoms with E-state index in [1.54, 1.807) is 14.2 Å². The normalized spacial score (nSPS) is 12.2. The van der Waals surface area contributed by atoms with Gasteiger partial charge >= 0.3 is 0 Å². The van der Waals surface area contributed by atoms with Crippen LogP contribution in [-0.2, 0) is 17.3 Å². The lowest BCUT2D eigenvalue weighted by Gasteiger charge is -2.31. The average Bonchev–Trinajstić information content (AvgIpc) is 2.59. The number of phenolic OH excluding ortho intramolecular Hbond substituents is 1. The molecule has 0 saturated heterocycles. The molecule has 0 aromatic heterocycles. The predicted octanol–water partition coefficient (Wildman–Crippen LogP) is 6.62. The van der Waals surface area contributed by atoms with Gasteiger partial charge in [0.2, 0.25) is 0 Å². The van der Waals surface area contributed by atoms with Gasteiger partial charge in [-0.1, -0.05) is 54.9 Å². The van der Waals surface area contributed by atoms with Gasteiger partial charge in [0.25, 0.3) is 0 Å². The Morgan fingerprint density at radius 1 is 0.821 bits per heavy atom. The van der Waals surface area contributed by atoms with Gasteiger partial charge in [-0.3, -0.25) is 0 Å². The summed E-state index contributed by atoms with van der Waals surface area (Å²) in [6.07, 6.45) is 2.03. The van der Waals surface area contributed by atoms with Gasteiger partial charge in [0, 0.05) is 5.56 Å². The molecule has 0 radical (unpaired) electrons. The van der Waals surface area contributed by atoms with Crippen LogP contribution in [0.25, 0.3) is 11.1 Å². The molecule has 154 valence electrons. The van der Waals surface area contributed by atoms with Crippen LogP contribution in [0.5, 0.6) is 17.2 Å². The number of aromatic hydroxyl groups is 1. The summed E-state index contributed by atoms with van der Waals surface area (Å²) in [6, 6.07) is 8.08. The molecule has 2 aromatic carbocycles. The molecule has 0 aliphatic rings. The molecular formula is C25H36O3. The number of phenols is 1. The van der Waals surface area contributed by atoms with Crippen LogP contribution >= 0.6 is 0 Å². The summed E-state index contributed by atoms with van der Waals surface area (Å²) in [7, 11) is 3.37. The quantitative estimate of drug-likeness (QED) is 0.629. The maximum Gasteiger partial charge on any atom is 0.168 e. The molecule has 2 aromatic rings. The molecule has 0 unspecified atom stereocenters. The van der Waals surface area contributed by atoms with E-state index in [1.165, 1.54) is 5.56 Å². The summed E-state index contributed by atoms with van der Waals surface area (Å²) in [5, 5.41) is 10.5. The molecule has 0 aliphatic heterocycles. The Morgan fingerprint density at radius 3 is 1.75 bits per heavy atom. The highest BCUT2D eigenvalue weighted by atomic mass is 16.5. The Labute approximate surface area is 170 Å². The molecule has 0 heterocycles. The van der Waals surface area contributed by atoms with Gasteiger partial charge in [0.15, 0.2) is 11.5 Å². The van der Waals surface area contributed by atoms with Gasteiger partial charge < -0.3 is 14.6 Å². The van der Waals surface area contributed by atoms with Crippen molar-refractivity contribution in [2.24, 2.45) is 0 Å². The lowest BCUT2D eigenvalue weighted by molar-refractivity contribution is 0.355. The minimum absolute atomic E-state index is 0.146. The molecule has 0 aliphatic carbocycles. The van der Waals surface area contributed by atoms with Crippen LogP contribution in [0.15, 0.2) is 24.3 Å². The van der Waals surface area contributed by atoms with Crippen LogP contribution in [0.1, 0.15) is 71.6 Å². The first-order valence-electron chi connectivity index (χ1n) is 10.1. The zero-order chi connectivity index (χ0) is 21.3. The summed E-state index contributed by atoms with van der Waals surface area (Å²) in [4.78, 5) is 0. The molecule has 1 N–H and O–H groups in total. The second kappa shape index (κ2) is 8.06. The highest BCUT2D eigenvalue weighted by Crippen LogP contribution is 2.48. The molecule has 0 fully saturated rings. The lowest BCUT2D eigenvalue weighted by Crippen LogP contribution is -2.19. The fourth-order valence-corrected chi connectivity index (χ4v) is 3.74. The molecule has 3 heteroatoms. The second-order valence-corrected chi connectivity index (χ2v) is 9.54. The standard InChI is InChI=1S/C25H36O3/c1-10-11-16-12-18(23(28-9)21(13-16)27-8)22-19(24(2,3)4)14-17(26)15-20(22)25(5,6)7/h12-15,26H,10-11H2,1-9H3. The molecule has 28 heavy (non-hydrogen) atoms. The van der Waals surface area contributed by atoms with Gasteiger partial charge in [0.05, 0.1) is 14.2 Å². The maximum atomic E-state index is 10.5. The van der Waals surface area contributed by atoms with Crippen LogP contribution in [0, 0.1) is 0 Å². The van der Waals surface area contributed by atoms with E-state index < -0.39 is 0 Å². The maximum absolute atomic E-state index is 10.5. The minimum Gasteiger partial charge on any atom is -0.508 e. The Hall–Kier alpha value is -2.16. The van der Waals surface area contributed by atoms with Gasteiger partial charge in [0.1, 0.15) is 5.75 Å². The third-order valence-corrected chi connectivity index (χ3v) is 5.09. The van der Waals surface area contributed by atoms with E-state index in [4.69, 9.17) is 9.47 Å². The number of rotatable bonds is 5. The monoisotopic (exact) mass is 384 g/mol. The van der Waals surface area contributed by atoms with E-state index in [2.05, 4.69) is 60.6 Å². The van der Waals surface area contributed by atoms with Gasteiger partial charge in [-0.25, -0.2) is 0 Å². The van der Waals surface area contributed by atoms with E-state index in [0.29, 0.717) is 5.75 Å². The van der Waals surface area contributed by atoms with Gasteiger partial charge in [-0.15, -0.1) is 0 Å². The molecule has 0 saturated carbocycles. The van der Waals surface area contributed by atoms with Crippen LogP contribution in [0.3, 0.4) is 0 Å². The summed E-state index contributed by atoms with van der Waals surface area (Å²) >= 11 is 0. The Morgan fingerprint density at radius 2 is 1.36 bits per heavy atom. The number of ether oxygens (including phenoxy) is 2. The van der Waals surface area contributed by atoms with Crippen molar-refractivity contribution in [2.45, 2.75) is 72.1 Å². The van der Waals surface area contributed by atoms with E-state index in [0.717, 1.165) is 46.6 Å². The minimum atomic E-state index is -0.146. The zero-order valence-corrected chi connectivity index (χ0v) is 19.0. The number of methoxy groups -OCH3 is 2. The Balaban J connectivity index is 3.03. The van der Waals surface area contributed by atoms with E-state index in [9.17, 15) is 5.11 Å². The SMILES string of the molecule is CCCc1cc(OC)c(OC)c(-c2c(C(C)(C)C)cc(O)cc2C(C)(C)C)c1. The smallest absolute Gasteiger partial charge is 0.168 e. The average molecular weight is 385 g/mol. The van der Waals surface area contributed by atoms with Crippen molar-refractivity contribution in [3.8, 4) is 28.4 Å². The third-order valence-electron chi connectivity index (χ3n) is 5.09. The first-order chi connectivity index (χ1) is 12.9. The fraction of sp³-hybridized carbons (Fsp3) is 0.520. The van der Waals surface area contributed by atoms with Crippen molar-refractivity contribution >= 4 is 0 Å². The summed E-state index contributed by atoms with van der Waals surface area (Å²) in [5.41, 5.74) is 5.30. The van der Waals surface area contributed by atoms with Gasteiger partial charge in [-0.2, -0.15) is 0 Å². The molecule has 3 nitrogen and oxygen atoms in total. The van der Waals surface area contributed by atoms with Crippen LogP contribution in [0.2, 0.25) is 0 Å². The molecule has 0 amide bonds. The summed E-state index contributed by atoms with van der Waals surface area (Å²) in [5.74, 6) is 1.79. The fourth-order valence-electron chi connectivity index (χ4n) is 3.74. The molecule has 2 rings (SSSR count). The second-order valence-electron chi connectivity index (χ2n) is 9.54. The molecule has 0 atom stereocenters. The number of benzene rings is 2. The van der Waals surface area contributed by atoms with Crippen molar-refractivity contribution in [1.29, 1.82) is 0 Å². The van der Waals surface area contributed by atoms with E-state index in [-0.39, 0.29) is 10.8 Å². The van der Waals surface area contributed by atoms with Crippen molar-refractivity contribution in [3.05, 3.63) is 41.0 Å². The summed E-state index contributed by atoms with van der Waals surface area (Å²) < 4.78 is 11.5. The van der Waals surface area contributed by atoms with Crippen molar-refractivity contribution < 1.29 is 14.6 Å². The largest absolute Gasteiger partial charge is 0.508 e. The number of hydrogen-bond acceptors (Lipinski definition) is 3. The first kappa shape index (κ1) is 22.1. The highest BCUT2D eigenvalue weighted by molar-refractivity contribution is 5.82. The van der Waals surface area contributed by atoms with Crippen molar-refractivity contribution in [1.82, 2.24) is 0 Å². The summed E-state index contributed by atoms with van der Waals surface area (Å²) in [6.45, 7) is 15.2. The Kier molecular flexibility index (Phi) is 6.37. The first-order valence-corrected chi connectivity index (χ1v) is 10.1. The van der Waals surface area contributed by atoms with E-state index >= 15 is 0 Å². The molecule has 0 bridgehead atoms. The van der Waals surface area contributed by atoms with Gasteiger partial charge in [-0.05, 0) is 63.8 Å². The molecule has 0 spiro atoms. The van der Waals surface area contributed by atoms with Crippen LogP contribution < -0.4 is 9.47 Å². The van der Waals surface area contributed by atoms with Crippen LogP contribution in [0.4, 0.5) is 0 Å². The lowest BCUT2D eigenvalue weighted by atomic mass is 9.74. The van der Waals surface area contributed by atoms with Crippen molar-refractivity contribution in [3.63, 3.8) is 0 Å². The number of aryl methyl sites for hydroxylation is 1. The highest BCUT2D eigenvalue weighted by Gasteiger charge is 2.30. The third kappa shape index (κ3) is 4.45.